The van der Waals surface area contributed by atoms with Crippen molar-refractivity contribution in [2.45, 2.75) is 13.5 Å². The summed E-state index contributed by atoms with van der Waals surface area (Å²) >= 11 is 3.20. The van der Waals surface area contributed by atoms with Crippen LogP contribution in [0.4, 0.5) is 10.1 Å². The van der Waals surface area contributed by atoms with Crippen LogP contribution in [0.15, 0.2) is 27.3 Å². The fourth-order valence-corrected chi connectivity index (χ4v) is 2.44. The summed E-state index contributed by atoms with van der Waals surface area (Å²) in [5.41, 5.74) is 1.71. The van der Waals surface area contributed by atoms with Crippen molar-refractivity contribution in [3.05, 3.63) is 40.3 Å². The topological polar surface area (TPSA) is 38.5 Å². The Labute approximate surface area is 118 Å². The third kappa shape index (κ3) is 2.45. The molecule has 0 aliphatic carbocycles. The fraction of sp³-hybridized carbons (Fsp3) is 0.308. The smallest absolute Gasteiger partial charge is 0.191 e. The molecule has 6 heteroatoms. The third-order valence-corrected chi connectivity index (χ3v) is 3.59. The summed E-state index contributed by atoms with van der Waals surface area (Å²) in [5.74, 6) is 0.883. The fourth-order valence-electron chi connectivity index (χ4n) is 2.11. The van der Waals surface area contributed by atoms with Gasteiger partial charge in [0.25, 0.3) is 0 Å². The number of benzene rings is 1. The molecule has 19 heavy (non-hydrogen) atoms. The van der Waals surface area contributed by atoms with Crippen LogP contribution in [0.3, 0.4) is 0 Å². The predicted octanol–water partition coefficient (Wildman–Crippen LogP) is 3.28. The van der Waals surface area contributed by atoms with Crippen LogP contribution < -0.4 is 9.64 Å². The van der Waals surface area contributed by atoms with Crippen molar-refractivity contribution in [3.63, 3.8) is 0 Å². The van der Waals surface area contributed by atoms with E-state index >= 15 is 0 Å². The van der Waals surface area contributed by atoms with E-state index in [-0.39, 0.29) is 5.82 Å². The Balaban J connectivity index is 1.91. The number of oxazole rings is 1. The quantitative estimate of drug-likeness (QED) is 0.848. The molecule has 0 atom stereocenters. The molecule has 4 nitrogen and oxygen atoms in total. The summed E-state index contributed by atoms with van der Waals surface area (Å²) in [6, 6.07) is 3.14. The number of hydrogen-bond acceptors (Lipinski definition) is 4. The number of hydrogen-bond donors (Lipinski definition) is 0. The van der Waals surface area contributed by atoms with Gasteiger partial charge in [0, 0.05) is 13.0 Å². The van der Waals surface area contributed by atoms with E-state index in [1.54, 1.807) is 12.3 Å². The minimum atomic E-state index is -0.321. The van der Waals surface area contributed by atoms with Gasteiger partial charge in [-0.1, -0.05) is 0 Å². The van der Waals surface area contributed by atoms with Crippen LogP contribution in [0.1, 0.15) is 11.6 Å². The number of aryl methyl sites for hydroxylation is 1. The molecule has 0 N–H and O–H groups in total. The van der Waals surface area contributed by atoms with E-state index in [1.165, 1.54) is 6.07 Å². The highest BCUT2D eigenvalue weighted by molar-refractivity contribution is 9.10. The molecule has 1 aromatic heterocycles. The van der Waals surface area contributed by atoms with Crippen molar-refractivity contribution in [1.82, 2.24) is 4.98 Å². The Morgan fingerprint density at radius 1 is 1.47 bits per heavy atom. The molecule has 0 bridgehead atoms. The number of fused-ring (bicyclic) bond motifs is 1. The molecule has 2 aromatic rings. The zero-order valence-electron chi connectivity index (χ0n) is 10.3. The van der Waals surface area contributed by atoms with E-state index in [4.69, 9.17) is 9.15 Å². The highest BCUT2D eigenvalue weighted by Gasteiger charge is 2.21. The molecule has 100 valence electrons. The predicted molar refractivity (Wildman–Crippen MR) is 71.9 cm³/mol. The number of ether oxygens (including phenoxy) is 1. The molecule has 1 aromatic carbocycles. The Hall–Kier alpha value is -1.56. The molecule has 0 amide bonds. The van der Waals surface area contributed by atoms with Gasteiger partial charge in [-0.3, -0.25) is 0 Å². The second-order valence-corrected chi connectivity index (χ2v) is 5.22. The van der Waals surface area contributed by atoms with Gasteiger partial charge < -0.3 is 14.1 Å². The molecule has 0 spiro atoms. The maximum atomic E-state index is 13.5. The zero-order chi connectivity index (χ0) is 13.4. The van der Waals surface area contributed by atoms with Gasteiger partial charge in [0.15, 0.2) is 5.89 Å². The summed E-state index contributed by atoms with van der Waals surface area (Å²) in [6.07, 6.45) is 1.64. The highest BCUT2D eigenvalue weighted by Crippen LogP contribution is 2.36. The largest absolute Gasteiger partial charge is 0.489 e. The minimum absolute atomic E-state index is 0.321. The van der Waals surface area contributed by atoms with Gasteiger partial charge in [0.05, 0.1) is 28.9 Å². The van der Waals surface area contributed by atoms with Crippen molar-refractivity contribution < 1.29 is 13.5 Å². The Morgan fingerprint density at radius 2 is 2.32 bits per heavy atom. The number of aromatic nitrogens is 1. The Morgan fingerprint density at radius 3 is 3.05 bits per heavy atom. The summed E-state index contributed by atoms with van der Waals surface area (Å²) in [4.78, 5) is 6.38. The van der Waals surface area contributed by atoms with E-state index in [1.807, 2.05) is 6.92 Å². The van der Waals surface area contributed by atoms with E-state index in [9.17, 15) is 4.39 Å². The maximum Gasteiger partial charge on any atom is 0.191 e. The van der Waals surface area contributed by atoms with E-state index in [0.717, 1.165) is 17.9 Å². The maximum absolute atomic E-state index is 13.5. The van der Waals surface area contributed by atoms with Gasteiger partial charge in [-0.25, -0.2) is 9.37 Å². The van der Waals surface area contributed by atoms with Crippen molar-refractivity contribution in [2.75, 3.05) is 18.1 Å². The number of nitrogens with zero attached hydrogens (tertiary/aromatic N) is 2. The van der Waals surface area contributed by atoms with Gasteiger partial charge in [-0.05, 0) is 22.0 Å². The van der Waals surface area contributed by atoms with Gasteiger partial charge in [0.1, 0.15) is 24.4 Å². The van der Waals surface area contributed by atoms with Crippen LogP contribution in [-0.2, 0) is 6.54 Å². The van der Waals surface area contributed by atoms with Crippen LogP contribution in [0, 0.1) is 12.7 Å². The Kier molecular flexibility index (Phi) is 3.18. The first kappa shape index (κ1) is 12.5. The van der Waals surface area contributed by atoms with Crippen molar-refractivity contribution >= 4 is 21.6 Å². The summed E-state index contributed by atoms with van der Waals surface area (Å²) in [6.45, 7) is 3.69. The van der Waals surface area contributed by atoms with E-state index in [0.29, 0.717) is 29.3 Å². The van der Waals surface area contributed by atoms with Crippen LogP contribution in [0.5, 0.6) is 5.75 Å². The van der Waals surface area contributed by atoms with Gasteiger partial charge in [-0.15, -0.1) is 0 Å². The first-order chi connectivity index (χ1) is 9.13. The molecule has 0 fully saturated rings. The minimum Gasteiger partial charge on any atom is -0.489 e. The second kappa shape index (κ2) is 4.85. The van der Waals surface area contributed by atoms with Crippen molar-refractivity contribution in [2.24, 2.45) is 0 Å². The van der Waals surface area contributed by atoms with Crippen LogP contribution in [0.25, 0.3) is 0 Å². The second-order valence-electron chi connectivity index (χ2n) is 4.36. The lowest BCUT2D eigenvalue weighted by Crippen LogP contribution is -2.32. The molecule has 1 aliphatic rings. The SMILES string of the molecule is Cc1nc(CN2CCOc3cc(F)c(Br)cc32)co1. The molecule has 0 saturated carbocycles. The molecule has 0 radical (unpaired) electrons. The van der Waals surface area contributed by atoms with Crippen LogP contribution in [0.2, 0.25) is 0 Å². The molecule has 2 heterocycles. The molecule has 0 unspecified atom stereocenters. The monoisotopic (exact) mass is 326 g/mol. The van der Waals surface area contributed by atoms with Crippen molar-refractivity contribution in [3.8, 4) is 5.75 Å². The highest BCUT2D eigenvalue weighted by atomic mass is 79.9. The molecule has 0 saturated heterocycles. The molecule has 1 aliphatic heterocycles. The lowest BCUT2D eigenvalue weighted by Gasteiger charge is -2.30. The third-order valence-electron chi connectivity index (χ3n) is 2.98. The van der Waals surface area contributed by atoms with Gasteiger partial charge in [-0.2, -0.15) is 0 Å². The molecule has 3 rings (SSSR count). The Bertz CT molecular complexity index is 615. The lowest BCUT2D eigenvalue weighted by molar-refractivity contribution is 0.304. The average molecular weight is 327 g/mol. The number of anilines is 1. The van der Waals surface area contributed by atoms with Crippen LogP contribution in [-0.4, -0.2) is 18.1 Å². The number of halogens is 2. The zero-order valence-corrected chi connectivity index (χ0v) is 11.9. The normalized spacial score (nSPS) is 14.2. The standard InChI is InChI=1S/C13H12BrFN2O2/c1-8-16-9(7-19-8)6-17-2-3-18-13-5-11(15)10(14)4-12(13)17/h4-5,7H,2-3,6H2,1H3. The summed E-state index contributed by atoms with van der Waals surface area (Å²) in [7, 11) is 0. The van der Waals surface area contributed by atoms with Gasteiger partial charge >= 0.3 is 0 Å². The van der Waals surface area contributed by atoms with Gasteiger partial charge in [0.2, 0.25) is 0 Å². The van der Waals surface area contributed by atoms with E-state index in [2.05, 4.69) is 25.8 Å². The first-order valence-corrected chi connectivity index (χ1v) is 6.70. The van der Waals surface area contributed by atoms with Crippen molar-refractivity contribution in [1.29, 1.82) is 0 Å². The average Bonchev–Trinajstić information content (AvgIpc) is 2.77. The van der Waals surface area contributed by atoms with E-state index < -0.39 is 0 Å². The summed E-state index contributed by atoms with van der Waals surface area (Å²) in [5, 5.41) is 0. The lowest BCUT2D eigenvalue weighted by atomic mass is 10.2. The molecular formula is C13H12BrFN2O2. The molecular weight excluding hydrogens is 315 g/mol. The summed E-state index contributed by atoms with van der Waals surface area (Å²) < 4.78 is 24.6. The van der Waals surface area contributed by atoms with Crippen LogP contribution >= 0.6 is 15.9 Å². The number of rotatable bonds is 2. The first-order valence-electron chi connectivity index (χ1n) is 5.91.